The molecule has 0 aliphatic rings. The molecule has 0 unspecified atom stereocenters. The highest BCUT2D eigenvalue weighted by molar-refractivity contribution is 5.94. The van der Waals surface area contributed by atoms with Gasteiger partial charge in [-0.2, -0.15) is 0 Å². The summed E-state index contributed by atoms with van der Waals surface area (Å²) in [6.45, 7) is 5.74. The highest BCUT2D eigenvalue weighted by Gasteiger charge is 2.16. The van der Waals surface area contributed by atoms with Gasteiger partial charge in [0, 0.05) is 6.08 Å². The number of esters is 5. The van der Waals surface area contributed by atoms with E-state index in [1.54, 1.807) is 0 Å². The number of rotatable bonds is 19. The van der Waals surface area contributed by atoms with E-state index in [-0.39, 0.29) is 76.6 Å². The third-order valence-corrected chi connectivity index (χ3v) is 8.32. The van der Waals surface area contributed by atoms with Gasteiger partial charge in [-0.05, 0) is 141 Å². The fraction of sp³-hybridized carbons (Fsp3) is 0.170. The van der Waals surface area contributed by atoms with Gasteiger partial charge in [-0.25, -0.2) is 33.6 Å². The SMILES string of the molecule is C=CC(=O)OCCCCOC(=O)Oc1ccc(C(=O)Oc2ccc(C(=O)Oc3ccc(OC(=O)c4ccc(OC(=O)c5ccc(OC(=O)OCCCC)cc5)cc4)cc3)cc2)cc1. The number of ether oxygens (including phenoxy) is 9. The van der Waals surface area contributed by atoms with Crippen LogP contribution in [0.15, 0.2) is 134 Å². The second-order valence-electron chi connectivity index (χ2n) is 13.0. The Hall–Kier alpha value is -8.27. The Morgan fingerprint density at radius 1 is 0.381 bits per heavy atom. The minimum Gasteiger partial charge on any atom is -0.463 e. The van der Waals surface area contributed by atoms with Gasteiger partial charge in [0.25, 0.3) is 0 Å². The van der Waals surface area contributed by atoms with Crippen molar-refractivity contribution in [1.82, 2.24) is 0 Å². The summed E-state index contributed by atoms with van der Waals surface area (Å²) in [6, 6.07) is 28.4. The predicted octanol–water partition coefficient (Wildman–Crippen LogP) is 8.90. The Morgan fingerprint density at radius 3 is 0.921 bits per heavy atom. The number of carbonyl (C=O) groups excluding carboxylic acids is 7. The van der Waals surface area contributed by atoms with Crippen LogP contribution in [0.4, 0.5) is 9.59 Å². The van der Waals surface area contributed by atoms with Crippen LogP contribution in [-0.2, 0) is 19.0 Å². The van der Waals surface area contributed by atoms with Crippen molar-refractivity contribution in [3.8, 4) is 34.5 Å². The molecule has 0 aromatic heterocycles. The highest BCUT2D eigenvalue weighted by atomic mass is 16.7. The van der Waals surface area contributed by atoms with Gasteiger partial charge in [-0.15, -0.1) is 0 Å². The number of carbonyl (C=O) groups is 7. The lowest BCUT2D eigenvalue weighted by molar-refractivity contribution is -0.137. The van der Waals surface area contributed by atoms with E-state index in [4.69, 9.17) is 42.6 Å². The lowest BCUT2D eigenvalue weighted by Crippen LogP contribution is -2.13. The van der Waals surface area contributed by atoms with Crippen LogP contribution >= 0.6 is 0 Å². The number of benzene rings is 5. The largest absolute Gasteiger partial charge is 0.513 e. The summed E-state index contributed by atoms with van der Waals surface area (Å²) < 4.78 is 46.5. The van der Waals surface area contributed by atoms with Crippen molar-refractivity contribution < 1.29 is 76.2 Å². The Balaban J connectivity index is 1.02. The molecule has 16 nitrogen and oxygen atoms in total. The first-order chi connectivity index (χ1) is 30.5. The van der Waals surface area contributed by atoms with Crippen molar-refractivity contribution in [1.29, 1.82) is 0 Å². The molecule has 0 saturated carbocycles. The fourth-order valence-electron chi connectivity index (χ4n) is 5.02. The zero-order valence-corrected chi connectivity index (χ0v) is 33.8. The number of hydrogen-bond acceptors (Lipinski definition) is 16. The van der Waals surface area contributed by atoms with Crippen LogP contribution in [0.5, 0.6) is 34.5 Å². The molecule has 0 aliphatic heterocycles. The van der Waals surface area contributed by atoms with Gasteiger partial charge < -0.3 is 42.6 Å². The predicted molar refractivity (Wildman–Crippen MR) is 221 cm³/mol. The molecule has 0 atom stereocenters. The maximum absolute atomic E-state index is 12.8. The lowest BCUT2D eigenvalue weighted by atomic mass is 10.2. The molecule has 0 heterocycles. The van der Waals surface area contributed by atoms with Gasteiger partial charge in [-0.3, -0.25) is 0 Å². The highest BCUT2D eigenvalue weighted by Crippen LogP contribution is 2.23. The molecule has 16 heteroatoms. The van der Waals surface area contributed by atoms with Crippen molar-refractivity contribution in [3.05, 3.63) is 156 Å². The molecular weight excluding hydrogens is 821 g/mol. The Morgan fingerprint density at radius 2 is 0.635 bits per heavy atom. The van der Waals surface area contributed by atoms with E-state index >= 15 is 0 Å². The Kier molecular flexibility index (Phi) is 17.1. The van der Waals surface area contributed by atoms with E-state index in [0.717, 1.165) is 18.9 Å². The summed E-state index contributed by atoms with van der Waals surface area (Å²) in [7, 11) is 0. The molecule has 0 spiro atoms. The minimum atomic E-state index is -0.938. The van der Waals surface area contributed by atoms with E-state index in [0.29, 0.717) is 12.8 Å². The van der Waals surface area contributed by atoms with Crippen LogP contribution in [-0.4, -0.2) is 62.0 Å². The molecule has 0 aliphatic carbocycles. The minimum absolute atomic E-state index is 0.0561. The monoisotopic (exact) mass is 860 g/mol. The van der Waals surface area contributed by atoms with Gasteiger partial charge >= 0.3 is 42.2 Å². The lowest BCUT2D eigenvalue weighted by Gasteiger charge is -2.09. The molecule has 0 fully saturated rings. The second kappa shape index (κ2) is 23.5. The van der Waals surface area contributed by atoms with Crippen molar-refractivity contribution in [3.63, 3.8) is 0 Å². The number of hydrogen-bond donors (Lipinski definition) is 0. The van der Waals surface area contributed by atoms with Crippen LogP contribution in [0.25, 0.3) is 0 Å². The van der Waals surface area contributed by atoms with Gasteiger partial charge in [0.2, 0.25) is 0 Å². The van der Waals surface area contributed by atoms with Gasteiger partial charge in [0.05, 0.1) is 42.1 Å². The van der Waals surface area contributed by atoms with E-state index in [1.807, 2.05) is 6.92 Å². The molecule has 63 heavy (non-hydrogen) atoms. The van der Waals surface area contributed by atoms with Crippen molar-refractivity contribution in [2.75, 3.05) is 19.8 Å². The topological polar surface area (TPSA) is 203 Å². The molecule has 0 N–H and O–H groups in total. The average molecular weight is 861 g/mol. The molecule has 5 aromatic carbocycles. The van der Waals surface area contributed by atoms with Crippen molar-refractivity contribution >= 4 is 42.2 Å². The maximum atomic E-state index is 12.8. The van der Waals surface area contributed by atoms with Crippen LogP contribution in [0.1, 0.15) is 74.0 Å². The quantitative estimate of drug-likeness (QED) is 0.0190. The van der Waals surface area contributed by atoms with E-state index in [2.05, 4.69) is 6.58 Å². The summed E-state index contributed by atoms with van der Waals surface area (Å²) in [4.78, 5) is 85.5. The van der Waals surface area contributed by atoms with Crippen LogP contribution in [0.2, 0.25) is 0 Å². The van der Waals surface area contributed by atoms with Crippen molar-refractivity contribution in [2.24, 2.45) is 0 Å². The first-order valence-electron chi connectivity index (χ1n) is 19.4. The molecule has 5 rings (SSSR count). The van der Waals surface area contributed by atoms with Gasteiger partial charge in [0.1, 0.15) is 34.5 Å². The summed E-state index contributed by atoms with van der Waals surface area (Å²) in [5.74, 6) is -2.31. The average Bonchev–Trinajstić information content (AvgIpc) is 3.29. The third-order valence-electron chi connectivity index (χ3n) is 8.32. The van der Waals surface area contributed by atoms with Crippen LogP contribution in [0.3, 0.4) is 0 Å². The van der Waals surface area contributed by atoms with Gasteiger partial charge in [-0.1, -0.05) is 19.9 Å². The Labute approximate surface area is 360 Å². The van der Waals surface area contributed by atoms with Gasteiger partial charge in [0.15, 0.2) is 0 Å². The summed E-state index contributed by atoms with van der Waals surface area (Å²) >= 11 is 0. The molecule has 0 bridgehead atoms. The molecule has 0 saturated heterocycles. The molecule has 324 valence electrons. The molecular formula is C47H40O16. The van der Waals surface area contributed by atoms with E-state index in [1.165, 1.54) is 121 Å². The summed E-state index contributed by atoms with van der Waals surface area (Å²) in [5.41, 5.74) is 0.693. The van der Waals surface area contributed by atoms with Crippen LogP contribution < -0.4 is 28.4 Å². The molecule has 5 aromatic rings. The van der Waals surface area contributed by atoms with Crippen LogP contribution in [0, 0.1) is 0 Å². The van der Waals surface area contributed by atoms with E-state index < -0.39 is 42.2 Å². The zero-order valence-electron chi connectivity index (χ0n) is 33.8. The number of unbranched alkanes of at least 4 members (excludes halogenated alkanes) is 2. The van der Waals surface area contributed by atoms with Crippen molar-refractivity contribution in [2.45, 2.75) is 32.6 Å². The fourth-order valence-corrected chi connectivity index (χ4v) is 5.02. The normalized spacial score (nSPS) is 10.3. The zero-order chi connectivity index (χ0) is 45.0. The molecule has 0 radical (unpaired) electrons. The Bertz CT molecular complexity index is 2370. The van der Waals surface area contributed by atoms with E-state index in [9.17, 15) is 33.6 Å². The second-order valence-corrected chi connectivity index (χ2v) is 13.0. The summed E-state index contributed by atoms with van der Waals surface area (Å²) in [6.07, 6.45) is 1.80. The summed E-state index contributed by atoms with van der Waals surface area (Å²) in [5, 5.41) is 0. The maximum Gasteiger partial charge on any atom is 0.513 e. The smallest absolute Gasteiger partial charge is 0.463 e. The molecule has 0 amide bonds. The standard InChI is InChI=1S/C47H40O16/c1-3-5-28-56-46(53)62-39-20-12-33(13-21-39)42(49)58-35-16-8-31(9-17-35)44(51)60-37-24-26-38(27-25-37)61-45(52)32-10-18-36(19-11-32)59-43(50)34-14-22-40(23-15-34)63-47(54)57-30-7-6-29-55-41(48)4-2/h4,8-27H,2-3,5-7,28-30H2,1H3. The first-order valence-corrected chi connectivity index (χ1v) is 19.4. The first kappa shape index (κ1) is 45.8. The third kappa shape index (κ3) is 15.1.